The van der Waals surface area contributed by atoms with Gasteiger partial charge < -0.3 is 9.30 Å². The Kier molecular flexibility index (Phi) is 5.58. The average Bonchev–Trinajstić information content (AvgIpc) is 3.03. The van der Waals surface area contributed by atoms with Crippen LogP contribution in [0.4, 0.5) is 0 Å². The zero-order valence-electron chi connectivity index (χ0n) is 14.7. The van der Waals surface area contributed by atoms with E-state index in [0.717, 1.165) is 28.6 Å². The van der Waals surface area contributed by atoms with E-state index in [0.29, 0.717) is 18.1 Å². The van der Waals surface area contributed by atoms with Gasteiger partial charge in [0, 0.05) is 41.6 Å². The van der Waals surface area contributed by atoms with Gasteiger partial charge in [-0.05, 0) is 43.2 Å². The number of hydrogen-bond acceptors (Lipinski definition) is 3. The van der Waals surface area contributed by atoms with E-state index in [1.165, 1.54) is 17.6 Å². The van der Waals surface area contributed by atoms with E-state index in [1.54, 1.807) is 0 Å². The van der Waals surface area contributed by atoms with Crippen LogP contribution in [0, 0.1) is 0 Å². The third kappa shape index (κ3) is 4.40. The summed E-state index contributed by atoms with van der Waals surface area (Å²) in [5.74, 6) is 0.993. The van der Waals surface area contributed by atoms with Gasteiger partial charge in [-0.15, -0.1) is 0 Å². The first-order valence-corrected chi connectivity index (χ1v) is 10.9. The van der Waals surface area contributed by atoms with Gasteiger partial charge in [-0.2, -0.15) is 0 Å². The summed E-state index contributed by atoms with van der Waals surface area (Å²) in [5, 5.41) is 0. The number of allylic oxidation sites excluding steroid dienone is 2. The highest BCUT2D eigenvalue weighted by Crippen LogP contribution is 2.32. The number of rotatable bonds is 6. The van der Waals surface area contributed by atoms with Crippen LogP contribution in [-0.4, -0.2) is 30.6 Å². The molecule has 0 N–H and O–H groups in total. The van der Waals surface area contributed by atoms with Gasteiger partial charge in [0.25, 0.3) is 0 Å². The summed E-state index contributed by atoms with van der Waals surface area (Å²) in [6.45, 7) is 0.860. The van der Waals surface area contributed by atoms with Crippen molar-refractivity contribution in [2.24, 2.45) is 0 Å². The largest absolute Gasteiger partial charge is 0.439 e. The predicted octanol–water partition coefficient (Wildman–Crippen LogP) is 4.24. The Hall–Kier alpha value is -1.99. The summed E-state index contributed by atoms with van der Waals surface area (Å²) >= 11 is 3.46. The van der Waals surface area contributed by atoms with Crippen molar-refractivity contribution in [3.8, 4) is 5.75 Å². The van der Waals surface area contributed by atoms with Crippen LogP contribution in [0.5, 0.6) is 5.75 Å². The molecule has 7 heteroatoms. The minimum Gasteiger partial charge on any atom is -0.439 e. The molecule has 0 atom stereocenters. The number of benzene rings is 1. The Morgan fingerprint density at radius 1 is 1.19 bits per heavy atom. The first-order chi connectivity index (χ1) is 12.3. The molecule has 1 aromatic heterocycles. The Balaban J connectivity index is 1.90. The molecule has 0 bridgehead atoms. The van der Waals surface area contributed by atoms with Gasteiger partial charge in [-0.3, -0.25) is 0 Å². The lowest BCUT2D eigenvalue weighted by Gasteiger charge is -2.22. The van der Waals surface area contributed by atoms with E-state index in [2.05, 4.69) is 20.5 Å². The summed E-state index contributed by atoms with van der Waals surface area (Å²) in [5.41, 5.74) is 1.76. The normalized spacial score (nSPS) is 14.0. The van der Waals surface area contributed by atoms with Crippen LogP contribution in [0.2, 0.25) is 0 Å². The minimum atomic E-state index is -3.43. The third-order valence-corrected chi connectivity index (χ3v) is 5.88. The molecule has 1 aliphatic rings. The first kappa shape index (κ1) is 18.8. The maximum atomic E-state index is 12.1. The second kappa shape index (κ2) is 7.72. The summed E-state index contributed by atoms with van der Waals surface area (Å²) in [4.78, 5) is 0. The van der Waals surface area contributed by atoms with Crippen LogP contribution >= 0.6 is 15.9 Å². The van der Waals surface area contributed by atoms with Crippen LogP contribution < -0.4 is 4.74 Å². The monoisotopic (exact) mass is 436 g/mol. The molecule has 26 heavy (non-hydrogen) atoms. The van der Waals surface area contributed by atoms with Crippen molar-refractivity contribution in [3.05, 3.63) is 70.3 Å². The fourth-order valence-electron chi connectivity index (χ4n) is 2.75. The summed E-state index contributed by atoms with van der Waals surface area (Å²) in [6, 6.07) is 9.65. The number of hydrogen-bond donors (Lipinski definition) is 0. The van der Waals surface area contributed by atoms with Crippen LogP contribution in [0.1, 0.15) is 18.4 Å². The van der Waals surface area contributed by atoms with Gasteiger partial charge in [-0.25, -0.2) is 12.7 Å². The Bertz CT molecular complexity index is 947. The molecule has 1 aromatic carbocycles. The van der Waals surface area contributed by atoms with Crippen molar-refractivity contribution in [2.45, 2.75) is 19.4 Å². The number of nitrogens with zero attached hydrogens (tertiary/aromatic N) is 2. The van der Waals surface area contributed by atoms with E-state index in [4.69, 9.17) is 4.74 Å². The van der Waals surface area contributed by atoms with Crippen LogP contribution in [-0.2, 0) is 16.6 Å². The standard InChI is InChI=1S/C19H21BrN2O3S/c1-21(26(2,23)24)19-15(6-5-13-22-11-3-4-12-22)7-8-16-14-17(20)9-10-18(16)25-19/h3-4,7-12,14H,5-6,13H2,1-2H3. The first-order valence-electron chi connectivity index (χ1n) is 8.28. The molecule has 0 amide bonds. The minimum absolute atomic E-state index is 0.359. The average molecular weight is 437 g/mol. The second-order valence-corrected chi connectivity index (χ2v) is 9.13. The SMILES string of the molecule is CN(C1=C(CCCn2cccc2)C=Cc2cc(Br)ccc2O1)S(C)(=O)=O. The number of ether oxygens (including phenoxy) is 1. The zero-order chi connectivity index (χ0) is 18.7. The van der Waals surface area contributed by atoms with Crippen molar-refractivity contribution in [1.29, 1.82) is 0 Å². The van der Waals surface area contributed by atoms with E-state index >= 15 is 0 Å². The summed E-state index contributed by atoms with van der Waals surface area (Å²) < 4.78 is 34.5. The van der Waals surface area contributed by atoms with E-state index in [1.807, 2.05) is 54.9 Å². The van der Waals surface area contributed by atoms with Gasteiger partial charge in [0.15, 0.2) is 0 Å². The van der Waals surface area contributed by atoms with Gasteiger partial charge >= 0.3 is 0 Å². The molecule has 0 saturated heterocycles. The molecule has 0 radical (unpaired) electrons. The number of aryl methyl sites for hydroxylation is 1. The fraction of sp³-hybridized carbons (Fsp3) is 0.263. The lowest BCUT2D eigenvalue weighted by molar-refractivity contribution is 0.316. The number of sulfonamides is 1. The van der Waals surface area contributed by atoms with Gasteiger partial charge in [0.1, 0.15) is 5.75 Å². The number of fused-ring (bicyclic) bond motifs is 1. The van der Waals surface area contributed by atoms with Crippen LogP contribution in [0.15, 0.2) is 64.7 Å². The van der Waals surface area contributed by atoms with Crippen LogP contribution in [0.25, 0.3) is 6.08 Å². The molecular formula is C19H21BrN2O3S. The second-order valence-electron chi connectivity index (χ2n) is 6.20. The number of halogens is 1. The van der Waals surface area contributed by atoms with Gasteiger partial charge in [0.2, 0.25) is 15.9 Å². The van der Waals surface area contributed by atoms with Crippen molar-refractivity contribution < 1.29 is 13.2 Å². The van der Waals surface area contributed by atoms with Gasteiger partial charge in [0.05, 0.1) is 6.26 Å². The van der Waals surface area contributed by atoms with Crippen molar-refractivity contribution in [3.63, 3.8) is 0 Å². The van der Waals surface area contributed by atoms with E-state index < -0.39 is 10.0 Å². The molecular weight excluding hydrogens is 416 g/mol. The molecule has 2 aromatic rings. The highest BCUT2D eigenvalue weighted by molar-refractivity contribution is 9.10. The predicted molar refractivity (Wildman–Crippen MR) is 107 cm³/mol. The van der Waals surface area contributed by atoms with Crippen molar-refractivity contribution in [1.82, 2.24) is 8.87 Å². The molecule has 138 valence electrons. The highest BCUT2D eigenvalue weighted by atomic mass is 79.9. The lowest BCUT2D eigenvalue weighted by Crippen LogP contribution is -2.29. The fourth-order valence-corrected chi connectivity index (χ4v) is 3.59. The Labute approximate surface area is 162 Å². The summed E-state index contributed by atoms with van der Waals surface area (Å²) in [7, 11) is -1.91. The third-order valence-electron chi connectivity index (χ3n) is 4.23. The Morgan fingerprint density at radius 3 is 2.62 bits per heavy atom. The Morgan fingerprint density at radius 2 is 1.92 bits per heavy atom. The molecule has 0 spiro atoms. The smallest absolute Gasteiger partial charge is 0.234 e. The molecule has 2 heterocycles. The van der Waals surface area contributed by atoms with E-state index in [-0.39, 0.29) is 0 Å². The molecule has 0 aliphatic carbocycles. The van der Waals surface area contributed by atoms with Crippen molar-refractivity contribution in [2.75, 3.05) is 13.3 Å². The quantitative estimate of drug-likeness (QED) is 0.680. The molecule has 3 rings (SSSR count). The molecule has 0 fully saturated rings. The molecule has 0 unspecified atom stereocenters. The van der Waals surface area contributed by atoms with Crippen LogP contribution in [0.3, 0.4) is 0 Å². The maximum absolute atomic E-state index is 12.1. The summed E-state index contributed by atoms with van der Waals surface area (Å²) in [6.07, 6.45) is 10.7. The molecule has 0 saturated carbocycles. The van der Waals surface area contributed by atoms with Gasteiger partial charge in [-0.1, -0.05) is 28.1 Å². The van der Waals surface area contributed by atoms with E-state index in [9.17, 15) is 8.42 Å². The highest BCUT2D eigenvalue weighted by Gasteiger charge is 2.23. The number of aromatic nitrogens is 1. The van der Waals surface area contributed by atoms with Crippen molar-refractivity contribution >= 4 is 32.0 Å². The topological polar surface area (TPSA) is 51.5 Å². The maximum Gasteiger partial charge on any atom is 0.234 e. The lowest BCUT2D eigenvalue weighted by atomic mass is 10.1. The molecule has 5 nitrogen and oxygen atoms in total. The zero-order valence-corrected chi connectivity index (χ0v) is 17.1. The molecule has 1 aliphatic heterocycles.